The predicted molar refractivity (Wildman–Crippen MR) is 89.6 cm³/mol. The number of amides is 1. The van der Waals surface area contributed by atoms with E-state index >= 15 is 0 Å². The maximum Gasteiger partial charge on any atom is 0.244 e. The molecule has 1 aromatic rings. The quantitative estimate of drug-likeness (QED) is 0.621. The zero-order valence-electron chi connectivity index (χ0n) is 13.3. The van der Waals surface area contributed by atoms with E-state index in [0.29, 0.717) is 6.04 Å². The number of piperidine rings is 1. The van der Waals surface area contributed by atoms with Gasteiger partial charge in [0.2, 0.25) is 5.91 Å². The molecule has 4 nitrogen and oxygen atoms in total. The Bertz CT molecular complexity index is 465. The summed E-state index contributed by atoms with van der Waals surface area (Å²) in [6.07, 6.45) is 6.61. The molecule has 22 heavy (non-hydrogen) atoms. The van der Waals surface area contributed by atoms with Crippen LogP contribution in [0.5, 0.6) is 0 Å². The Kier molecular flexibility index (Phi) is 7.13. The molecule has 0 saturated carbocycles. The monoisotopic (exact) mass is 302 g/mol. The first-order valence-electron chi connectivity index (χ1n) is 8.03. The van der Waals surface area contributed by atoms with Gasteiger partial charge in [0.15, 0.2) is 0 Å². The zero-order valence-corrected chi connectivity index (χ0v) is 13.3. The number of benzene rings is 1. The van der Waals surface area contributed by atoms with Gasteiger partial charge >= 0.3 is 0 Å². The Morgan fingerprint density at radius 2 is 2.05 bits per heavy atom. The fourth-order valence-corrected chi connectivity index (χ4v) is 2.72. The highest BCUT2D eigenvalue weighted by Crippen LogP contribution is 2.11. The highest BCUT2D eigenvalue weighted by molar-refractivity contribution is 5.91. The van der Waals surface area contributed by atoms with Gasteiger partial charge in [-0.1, -0.05) is 30.3 Å². The van der Waals surface area contributed by atoms with Gasteiger partial charge in [-0.15, -0.1) is 0 Å². The molecule has 4 heteroatoms. The molecule has 1 amide bonds. The Labute approximate surface area is 133 Å². The van der Waals surface area contributed by atoms with E-state index in [2.05, 4.69) is 10.2 Å². The Hall–Kier alpha value is -1.65. The molecule has 1 aliphatic heterocycles. The molecule has 0 unspecified atom stereocenters. The van der Waals surface area contributed by atoms with Crippen molar-refractivity contribution >= 4 is 12.0 Å². The summed E-state index contributed by atoms with van der Waals surface area (Å²) in [6, 6.07) is 10.2. The SMILES string of the molecule is COCCCN1CCC(NC(=O)/C=C\c2ccccc2)CC1. The average Bonchev–Trinajstić information content (AvgIpc) is 2.56. The summed E-state index contributed by atoms with van der Waals surface area (Å²) < 4.78 is 5.08. The van der Waals surface area contributed by atoms with Gasteiger partial charge in [-0.2, -0.15) is 0 Å². The number of rotatable bonds is 7. The normalized spacial score (nSPS) is 17.0. The first kappa shape index (κ1) is 16.7. The maximum atomic E-state index is 11.9. The van der Waals surface area contributed by atoms with Crippen molar-refractivity contribution in [3.8, 4) is 0 Å². The van der Waals surface area contributed by atoms with Gasteiger partial charge in [0, 0.05) is 45.5 Å². The molecule has 1 heterocycles. The van der Waals surface area contributed by atoms with Crippen LogP contribution in [0.1, 0.15) is 24.8 Å². The van der Waals surface area contributed by atoms with Crippen LogP contribution in [0.15, 0.2) is 36.4 Å². The van der Waals surface area contributed by atoms with Gasteiger partial charge in [0.25, 0.3) is 0 Å². The van der Waals surface area contributed by atoms with E-state index in [1.54, 1.807) is 13.2 Å². The first-order valence-corrected chi connectivity index (χ1v) is 8.03. The summed E-state index contributed by atoms with van der Waals surface area (Å²) in [4.78, 5) is 14.4. The van der Waals surface area contributed by atoms with Crippen molar-refractivity contribution in [2.45, 2.75) is 25.3 Å². The lowest BCUT2D eigenvalue weighted by molar-refractivity contribution is -0.117. The second kappa shape index (κ2) is 9.38. The largest absolute Gasteiger partial charge is 0.385 e. The Morgan fingerprint density at radius 3 is 2.73 bits per heavy atom. The minimum absolute atomic E-state index is 0.00156. The fourth-order valence-electron chi connectivity index (χ4n) is 2.72. The smallest absolute Gasteiger partial charge is 0.244 e. The number of carbonyl (C=O) groups excluding carboxylic acids is 1. The van der Waals surface area contributed by atoms with Gasteiger partial charge in [-0.3, -0.25) is 4.79 Å². The number of nitrogens with one attached hydrogen (secondary N) is 1. The molecule has 1 aromatic carbocycles. The number of hydrogen-bond acceptors (Lipinski definition) is 3. The topological polar surface area (TPSA) is 41.6 Å². The number of likely N-dealkylation sites (tertiary alicyclic amines) is 1. The van der Waals surface area contributed by atoms with E-state index < -0.39 is 0 Å². The van der Waals surface area contributed by atoms with Gasteiger partial charge in [0.1, 0.15) is 0 Å². The number of carbonyl (C=O) groups is 1. The number of nitrogens with zero attached hydrogens (tertiary/aromatic N) is 1. The molecule has 0 aliphatic carbocycles. The fraction of sp³-hybridized carbons (Fsp3) is 0.500. The standard InChI is InChI=1S/C18H26N2O2/c1-22-15-5-12-20-13-10-17(11-14-20)19-18(21)9-8-16-6-3-2-4-7-16/h2-4,6-9,17H,5,10-15H2,1H3,(H,19,21)/b9-8-. The minimum Gasteiger partial charge on any atom is -0.385 e. The third-order valence-corrected chi connectivity index (χ3v) is 3.98. The summed E-state index contributed by atoms with van der Waals surface area (Å²) in [6.45, 7) is 4.01. The van der Waals surface area contributed by atoms with E-state index in [4.69, 9.17) is 4.74 Å². The molecule has 1 N–H and O–H groups in total. The molecule has 0 aromatic heterocycles. The van der Waals surface area contributed by atoms with Crippen LogP contribution in [0.3, 0.4) is 0 Å². The number of methoxy groups -OCH3 is 1. The number of ether oxygens (including phenoxy) is 1. The molecule has 0 radical (unpaired) electrons. The molecule has 1 fully saturated rings. The van der Waals surface area contributed by atoms with Crippen molar-refractivity contribution in [3.63, 3.8) is 0 Å². The molecule has 120 valence electrons. The summed E-state index contributed by atoms with van der Waals surface area (Å²) in [7, 11) is 1.74. The van der Waals surface area contributed by atoms with Crippen LogP contribution >= 0.6 is 0 Å². The van der Waals surface area contributed by atoms with Crippen molar-refractivity contribution in [2.24, 2.45) is 0 Å². The zero-order chi connectivity index (χ0) is 15.6. The lowest BCUT2D eigenvalue weighted by Gasteiger charge is -2.32. The molecule has 1 saturated heterocycles. The van der Waals surface area contributed by atoms with Crippen molar-refractivity contribution in [2.75, 3.05) is 33.4 Å². The van der Waals surface area contributed by atoms with E-state index in [1.807, 2.05) is 36.4 Å². The third kappa shape index (κ3) is 6.00. The van der Waals surface area contributed by atoms with Crippen LogP contribution in [-0.4, -0.2) is 50.2 Å². The van der Waals surface area contributed by atoms with E-state index in [0.717, 1.165) is 51.1 Å². The van der Waals surface area contributed by atoms with E-state index in [9.17, 15) is 4.79 Å². The van der Waals surface area contributed by atoms with Gasteiger partial charge < -0.3 is 15.0 Å². The van der Waals surface area contributed by atoms with Crippen LogP contribution in [-0.2, 0) is 9.53 Å². The molecule has 2 rings (SSSR count). The summed E-state index contributed by atoms with van der Waals surface area (Å²) >= 11 is 0. The highest BCUT2D eigenvalue weighted by Gasteiger charge is 2.19. The molecule has 0 atom stereocenters. The second-order valence-corrected chi connectivity index (χ2v) is 5.71. The molecule has 0 spiro atoms. The van der Waals surface area contributed by atoms with Gasteiger partial charge in [0.05, 0.1) is 0 Å². The lowest BCUT2D eigenvalue weighted by Crippen LogP contribution is -2.44. The lowest BCUT2D eigenvalue weighted by atomic mass is 10.0. The Morgan fingerprint density at radius 1 is 1.32 bits per heavy atom. The van der Waals surface area contributed by atoms with E-state index in [1.165, 1.54) is 0 Å². The molecule has 0 bridgehead atoms. The number of hydrogen-bond donors (Lipinski definition) is 1. The maximum absolute atomic E-state index is 11.9. The average molecular weight is 302 g/mol. The van der Waals surface area contributed by atoms with Crippen LogP contribution in [0, 0.1) is 0 Å². The van der Waals surface area contributed by atoms with Gasteiger partial charge in [-0.05, 0) is 30.9 Å². The highest BCUT2D eigenvalue weighted by atomic mass is 16.5. The summed E-state index contributed by atoms with van der Waals surface area (Å²) in [5, 5.41) is 3.10. The van der Waals surface area contributed by atoms with E-state index in [-0.39, 0.29) is 5.91 Å². The van der Waals surface area contributed by atoms with Crippen LogP contribution in [0.25, 0.3) is 6.08 Å². The summed E-state index contributed by atoms with van der Waals surface area (Å²) in [5.41, 5.74) is 1.05. The van der Waals surface area contributed by atoms with Crippen LogP contribution in [0.2, 0.25) is 0 Å². The molecular weight excluding hydrogens is 276 g/mol. The van der Waals surface area contributed by atoms with Crippen LogP contribution < -0.4 is 5.32 Å². The molecule has 1 aliphatic rings. The predicted octanol–water partition coefficient (Wildman–Crippen LogP) is 2.32. The summed E-state index contributed by atoms with van der Waals surface area (Å²) in [5.74, 6) is 0.00156. The van der Waals surface area contributed by atoms with Crippen molar-refractivity contribution in [3.05, 3.63) is 42.0 Å². The van der Waals surface area contributed by atoms with Gasteiger partial charge in [-0.25, -0.2) is 0 Å². The minimum atomic E-state index is 0.00156. The van der Waals surface area contributed by atoms with Crippen LogP contribution in [0.4, 0.5) is 0 Å². The van der Waals surface area contributed by atoms with Crippen molar-refractivity contribution in [1.29, 1.82) is 0 Å². The third-order valence-electron chi connectivity index (χ3n) is 3.98. The Balaban J connectivity index is 1.67. The first-order chi connectivity index (χ1) is 10.8. The van der Waals surface area contributed by atoms with Crippen molar-refractivity contribution in [1.82, 2.24) is 10.2 Å². The van der Waals surface area contributed by atoms with Crippen molar-refractivity contribution < 1.29 is 9.53 Å². The second-order valence-electron chi connectivity index (χ2n) is 5.71. The molecular formula is C18H26N2O2.